The zero-order valence-electron chi connectivity index (χ0n) is 13.9. The number of nitrogens with one attached hydrogen (secondary N) is 1. The first-order valence-corrected chi connectivity index (χ1v) is 7.46. The van der Waals surface area contributed by atoms with Crippen molar-refractivity contribution in [1.29, 1.82) is 0 Å². The van der Waals surface area contributed by atoms with Crippen molar-refractivity contribution in [2.45, 2.75) is 40.0 Å². The van der Waals surface area contributed by atoms with E-state index in [1.54, 1.807) is 14.0 Å². The van der Waals surface area contributed by atoms with E-state index < -0.39 is 0 Å². The van der Waals surface area contributed by atoms with Crippen LogP contribution < -0.4 is 5.32 Å². The number of carbonyl (C=O) groups is 1. The van der Waals surface area contributed by atoms with Crippen LogP contribution in [0.5, 0.6) is 0 Å². The monoisotopic (exact) mass is 318 g/mol. The Morgan fingerprint density at radius 3 is 2.87 bits per heavy atom. The van der Waals surface area contributed by atoms with Crippen molar-refractivity contribution < 1.29 is 14.1 Å². The maximum Gasteiger partial charge on any atom is 0.321 e. The maximum absolute atomic E-state index is 12.2. The molecule has 0 fully saturated rings. The van der Waals surface area contributed by atoms with Gasteiger partial charge >= 0.3 is 6.03 Å². The van der Waals surface area contributed by atoms with Gasteiger partial charge in [0.25, 0.3) is 0 Å². The Bertz CT molecular complexity index is 654. The number of anilines is 1. The molecule has 1 aromatic carbocycles. The molecule has 0 bridgehead atoms. The third-order valence-corrected chi connectivity index (χ3v) is 3.06. The Morgan fingerprint density at radius 1 is 1.43 bits per heavy atom. The summed E-state index contributed by atoms with van der Waals surface area (Å²) in [6.07, 6.45) is 0.165. The summed E-state index contributed by atoms with van der Waals surface area (Å²) in [5.74, 6) is 0.950. The normalized spacial score (nSPS) is 10.8. The van der Waals surface area contributed by atoms with Gasteiger partial charge in [0.1, 0.15) is 0 Å². The number of aryl methyl sites for hydroxylation is 1. The van der Waals surface area contributed by atoms with Crippen LogP contribution in [-0.2, 0) is 17.9 Å². The molecule has 7 heteroatoms. The van der Waals surface area contributed by atoms with Crippen molar-refractivity contribution in [3.8, 4) is 0 Å². The number of rotatable bonds is 6. The quantitative estimate of drug-likeness (QED) is 0.885. The van der Waals surface area contributed by atoms with Crippen LogP contribution in [0.4, 0.5) is 10.5 Å². The molecule has 1 heterocycles. The molecule has 23 heavy (non-hydrogen) atoms. The van der Waals surface area contributed by atoms with Crippen molar-refractivity contribution >= 4 is 11.7 Å². The Hall–Kier alpha value is -2.41. The van der Waals surface area contributed by atoms with Crippen molar-refractivity contribution in [2.75, 3.05) is 12.4 Å². The minimum Gasteiger partial charge on any atom is -0.374 e. The fraction of sp³-hybridized carbons (Fsp3) is 0.438. The molecule has 0 spiro atoms. The van der Waals surface area contributed by atoms with Crippen molar-refractivity contribution in [3.63, 3.8) is 0 Å². The first kappa shape index (κ1) is 17.0. The lowest BCUT2D eigenvalue weighted by molar-refractivity contribution is 0.0657. The molecule has 0 aliphatic carbocycles. The van der Waals surface area contributed by atoms with E-state index in [-0.39, 0.29) is 18.7 Å². The van der Waals surface area contributed by atoms with Gasteiger partial charge in [0, 0.05) is 19.7 Å². The van der Waals surface area contributed by atoms with Crippen LogP contribution >= 0.6 is 0 Å². The second kappa shape index (κ2) is 7.73. The minimum atomic E-state index is -0.241. The highest BCUT2D eigenvalue weighted by Crippen LogP contribution is 2.13. The number of amides is 2. The molecule has 1 aromatic heterocycles. The summed E-state index contributed by atoms with van der Waals surface area (Å²) in [5, 5.41) is 6.62. The lowest BCUT2D eigenvalue weighted by atomic mass is 10.2. The van der Waals surface area contributed by atoms with Crippen LogP contribution in [0.15, 0.2) is 28.8 Å². The molecule has 0 aliphatic rings. The molecule has 0 radical (unpaired) electrons. The third-order valence-electron chi connectivity index (χ3n) is 3.06. The van der Waals surface area contributed by atoms with E-state index in [1.165, 1.54) is 4.90 Å². The number of hydrogen-bond acceptors (Lipinski definition) is 5. The zero-order valence-corrected chi connectivity index (χ0v) is 13.9. The highest BCUT2D eigenvalue weighted by Gasteiger charge is 2.13. The fourth-order valence-electron chi connectivity index (χ4n) is 1.91. The summed E-state index contributed by atoms with van der Waals surface area (Å²) in [7, 11) is 1.67. The largest absolute Gasteiger partial charge is 0.374 e. The summed E-state index contributed by atoms with van der Waals surface area (Å²) in [6, 6.07) is 7.34. The number of ether oxygens (including phenoxy) is 1. The molecule has 2 rings (SSSR count). The predicted molar refractivity (Wildman–Crippen MR) is 85.9 cm³/mol. The molecular formula is C16H22N4O3. The topological polar surface area (TPSA) is 80.5 Å². The van der Waals surface area contributed by atoms with E-state index in [0.717, 1.165) is 11.3 Å². The van der Waals surface area contributed by atoms with Crippen molar-refractivity contribution in [3.05, 3.63) is 41.5 Å². The van der Waals surface area contributed by atoms with E-state index in [2.05, 4.69) is 15.5 Å². The van der Waals surface area contributed by atoms with E-state index in [9.17, 15) is 4.79 Å². The van der Waals surface area contributed by atoms with Gasteiger partial charge in [0.15, 0.2) is 5.82 Å². The van der Waals surface area contributed by atoms with Crippen LogP contribution in [0, 0.1) is 6.92 Å². The second-order valence-corrected chi connectivity index (χ2v) is 5.58. The molecule has 7 nitrogen and oxygen atoms in total. The van der Waals surface area contributed by atoms with Crippen molar-refractivity contribution in [2.24, 2.45) is 0 Å². The summed E-state index contributed by atoms with van der Waals surface area (Å²) in [5.41, 5.74) is 1.73. The van der Waals surface area contributed by atoms with Gasteiger partial charge in [0.05, 0.1) is 19.3 Å². The van der Waals surface area contributed by atoms with Gasteiger partial charge in [-0.25, -0.2) is 4.79 Å². The van der Waals surface area contributed by atoms with Gasteiger partial charge in [0.2, 0.25) is 5.89 Å². The summed E-state index contributed by atoms with van der Waals surface area (Å²) in [4.78, 5) is 17.8. The molecule has 0 unspecified atom stereocenters. The van der Waals surface area contributed by atoms with Gasteiger partial charge < -0.3 is 19.5 Å². The predicted octanol–water partition coefficient (Wildman–Crippen LogP) is 2.97. The summed E-state index contributed by atoms with van der Waals surface area (Å²) in [6.45, 7) is 6.47. The molecule has 0 saturated carbocycles. The molecule has 124 valence electrons. The lowest BCUT2D eigenvalue weighted by Crippen LogP contribution is -2.31. The lowest BCUT2D eigenvalue weighted by Gasteiger charge is -2.16. The first-order valence-electron chi connectivity index (χ1n) is 7.46. The number of benzene rings is 1. The highest BCUT2D eigenvalue weighted by atomic mass is 16.5. The number of nitrogens with zero attached hydrogens (tertiary/aromatic N) is 3. The number of carbonyl (C=O) groups excluding carboxylic acids is 1. The Balaban J connectivity index is 1.92. The standard InChI is InChI=1S/C16H22N4O3/c1-11(2)22-10-13-6-5-7-14(8-13)18-16(21)20(4)9-15-17-12(3)23-19-15/h5-8,11H,9-10H2,1-4H3,(H,18,21). The molecule has 2 amide bonds. The molecular weight excluding hydrogens is 296 g/mol. The molecule has 0 saturated heterocycles. The summed E-state index contributed by atoms with van der Waals surface area (Å²) >= 11 is 0. The van der Waals surface area contributed by atoms with Crippen molar-refractivity contribution in [1.82, 2.24) is 15.0 Å². The van der Waals surface area contributed by atoms with E-state index in [4.69, 9.17) is 9.26 Å². The van der Waals surface area contributed by atoms with Crippen LogP contribution in [0.25, 0.3) is 0 Å². The smallest absolute Gasteiger partial charge is 0.321 e. The Kier molecular flexibility index (Phi) is 5.70. The van der Waals surface area contributed by atoms with Crippen LogP contribution in [-0.4, -0.2) is 34.2 Å². The third kappa shape index (κ3) is 5.37. The summed E-state index contributed by atoms with van der Waals surface area (Å²) < 4.78 is 10.5. The van der Waals surface area contributed by atoms with E-state index >= 15 is 0 Å². The van der Waals surface area contributed by atoms with Gasteiger partial charge in [-0.05, 0) is 31.5 Å². The first-order chi connectivity index (χ1) is 10.9. The van der Waals surface area contributed by atoms with Crippen LogP contribution in [0.3, 0.4) is 0 Å². The average molecular weight is 318 g/mol. The number of hydrogen-bond donors (Lipinski definition) is 1. The van der Waals surface area contributed by atoms with Gasteiger partial charge in [-0.15, -0.1) is 0 Å². The molecule has 0 aliphatic heterocycles. The van der Waals surface area contributed by atoms with Crippen LogP contribution in [0.2, 0.25) is 0 Å². The molecule has 1 N–H and O–H groups in total. The maximum atomic E-state index is 12.2. The van der Waals surface area contributed by atoms with Gasteiger partial charge in [-0.1, -0.05) is 17.3 Å². The zero-order chi connectivity index (χ0) is 16.8. The van der Waals surface area contributed by atoms with Gasteiger partial charge in [-0.2, -0.15) is 4.98 Å². The Labute approximate surface area is 135 Å². The van der Waals surface area contributed by atoms with Crippen LogP contribution in [0.1, 0.15) is 31.1 Å². The highest BCUT2D eigenvalue weighted by molar-refractivity contribution is 5.89. The number of aromatic nitrogens is 2. The average Bonchev–Trinajstić information content (AvgIpc) is 2.90. The molecule has 2 aromatic rings. The van der Waals surface area contributed by atoms with E-state index in [1.807, 2.05) is 38.1 Å². The Morgan fingerprint density at radius 2 is 2.22 bits per heavy atom. The van der Waals surface area contributed by atoms with Gasteiger partial charge in [-0.3, -0.25) is 0 Å². The second-order valence-electron chi connectivity index (χ2n) is 5.58. The molecule has 0 atom stereocenters. The minimum absolute atomic E-state index is 0.165. The fourth-order valence-corrected chi connectivity index (χ4v) is 1.91. The SMILES string of the molecule is Cc1nc(CN(C)C(=O)Nc2cccc(COC(C)C)c2)no1. The van der Waals surface area contributed by atoms with E-state index in [0.29, 0.717) is 18.3 Å². The number of urea groups is 1.